The summed E-state index contributed by atoms with van der Waals surface area (Å²) >= 11 is 0. The van der Waals surface area contributed by atoms with E-state index in [1.54, 1.807) is 0 Å². The molecule has 1 heterocycles. The molecule has 1 aromatic rings. The molecule has 13 heavy (non-hydrogen) atoms. The van der Waals surface area contributed by atoms with Crippen LogP contribution in [0.15, 0.2) is 12.1 Å². The standard InChI is InChI=1S/C11H18N2/c1-8(2)13(5)11-6-9(3)12-10(4)7-11/h6-8H,1-5H3. The minimum atomic E-state index is 0.529. The van der Waals surface area contributed by atoms with Gasteiger partial charge in [0.05, 0.1) is 0 Å². The minimum Gasteiger partial charge on any atom is -0.372 e. The van der Waals surface area contributed by atoms with Crippen molar-refractivity contribution in [3.63, 3.8) is 0 Å². The Kier molecular flexibility index (Phi) is 2.91. The van der Waals surface area contributed by atoms with Gasteiger partial charge in [0.2, 0.25) is 0 Å². The third kappa shape index (κ3) is 2.44. The fourth-order valence-electron chi connectivity index (χ4n) is 1.31. The molecule has 0 N–H and O–H groups in total. The molecule has 2 heteroatoms. The van der Waals surface area contributed by atoms with Gasteiger partial charge in [-0.2, -0.15) is 0 Å². The molecule has 2 nitrogen and oxygen atoms in total. The maximum Gasteiger partial charge on any atom is 0.0402 e. The fourth-order valence-corrected chi connectivity index (χ4v) is 1.31. The van der Waals surface area contributed by atoms with E-state index in [9.17, 15) is 0 Å². The third-order valence-corrected chi connectivity index (χ3v) is 2.25. The Morgan fingerprint density at radius 3 is 2.00 bits per heavy atom. The number of rotatable bonds is 2. The van der Waals surface area contributed by atoms with Gasteiger partial charge in [-0.25, -0.2) is 0 Å². The Labute approximate surface area is 80.6 Å². The van der Waals surface area contributed by atoms with Crippen molar-refractivity contribution < 1.29 is 0 Å². The second kappa shape index (κ2) is 3.77. The predicted molar refractivity (Wildman–Crippen MR) is 57.3 cm³/mol. The Hall–Kier alpha value is -1.05. The van der Waals surface area contributed by atoms with Gasteiger partial charge in [-0.05, 0) is 39.8 Å². The first-order chi connectivity index (χ1) is 6.00. The van der Waals surface area contributed by atoms with Crippen LogP contribution in [0.4, 0.5) is 5.69 Å². The third-order valence-electron chi connectivity index (χ3n) is 2.25. The van der Waals surface area contributed by atoms with Crippen molar-refractivity contribution in [2.75, 3.05) is 11.9 Å². The zero-order chi connectivity index (χ0) is 10.0. The molecule has 0 aliphatic carbocycles. The molecule has 0 aliphatic rings. The fraction of sp³-hybridized carbons (Fsp3) is 0.545. The van der Waals surface area contributed by atoms with Crippen LogP contribution in [-0.4, -0.2) is 18.1 Å². The quantitative estimate of drug-likeness (QED) is 0.692. The predicted octanol–water partition coefficient (Wildman–Crippen LogP) is 2.54. The van der Waals surface area contributed by atoms with Crippen LogP contribution < -0.4 is 4.90 Å². The van der Waals surface area contributed by atoms with Gasteiger partial charge in [-0.3, -0.25) is 4.98 Å². The molecule has 1 aromatic heterocycles. The van der Waals surface area contributed by atoms with Crippen molar-refractivity contribution in [2.45, 2.75) is 33.7 Å². The Morgan fingerprint density at radius 1 is 1.15 bits per heavy atom. The van der Waals surface area contributed by atoms with E-state index >= 15 is 0 Å². The van der Waals surface area contributed by atoms with Crippen LogP contribution in [0.2, 0.25) is 0 Å². The van der Waals surface area contributed by atoms with Gasteiger partial charge in [0, 0.05) is 30.2 Å². The summed E-state index contributed by atoms with van der Waals surface area (Å²) in [7, 11) is 2.11. The summed E-state index contributed by atoms with van der Waals surface area (Å²) < 4.78 is 0. The van der Waals surface area contributed by atoms with E-state index in [2.05, 4.69) is 42.9 Å². The lowest BCUT2D eigenvalue weighted by Gasteiger charge is -2.24. The van der Waals surface area contributed by atoms with E-state index in [1.165, 1.54) is 5.69 Å². The van der Waals surface area contributed by atoms with E-state index in [0.29, 0.717) is 6.04 Å². The molecule has 0 spiro atoms. The molecule has 0 fully saturated rings. The average Bonchev–Trinajstić information content (AvgIpc) is 2.01. The molecule has 0 saturated heterocycles. The molecular weight excluding hydrogens is 160 g/mol. The van der Waals surface area contributed by atoms with Crippen molar-refractivity contribution in [2.24, 2.45) is 0 Å². The number of aryl methyl sites for hydroxylation is 2. The van der Waals surface area contributed by atoms with Crippen molar-refractivity contribution in [1.29, 1.82) is 0 Å². The molecule has 72 valence electrons. The van der Waals surface area contributed by atoms with Gasteiger partial charge in [0.25, 0.3) is 0 Å². The highest BCUT2D eigenvalue weighted by Gasteiger charge is 2.05. The molecule has 0 unspecified atom stereocenters. The summed E-state index contributed by atoms with van der Waals surface area (Å²) in [6.45, 7) is 8.44. The van der Waals surface area contributed by atoms with E-state index in [-0.39, 0.29) is 0 Å². The first kappa shape index (κ1) is 10.0. The summed E-state index contributed by atoms with van der Waals surface area (Å²) in [5.41, 5.74) is 3.42. The lowest BCUT2D eigenvalue weighted by atomic mass is 10.2. The Balaban J connectivity index is 3.01. The summed E-state index contributed by atoms with van der Waals surface area (Å²) in [6, 6.07) is 4.76. The molecule has 0 amide bonds. The highest BCUT2D eigenvalue weighted by Crippen LogP contribution is 2.16. The lowest BCUT2D eigenvalue weighted by molar-refractivity contribution is 0.753. The van der Waals surface area contributed by atoms with Gasteiger partial charge in [0.15, 0.2) is 0 Å². The second-order valence-electron chi connectivity index (χ2n) is 3.81. The maximum atomic E-state index is 4.35. The number of hydrogen-bond donors (Lipinski definition) is 0. The first-order valence-electron chi connectivity index (χ1n) is 4.69. The highest BCUT2D eigenvalue weighted by molar-refractivity contribution is 5.48. The van der Waals surface area contributed by atoms with Gasteiger partial charge in [0.1, 0.15) is 0 Å². The van der Waals surface area contributed by atoms with E-state index in [0.717, 1.165) is 11.4 Å². The SMILES string of the molecule is Cc1cc(N(C)C(C)C)cc(C)n1. The van der Waals surface area contributed by atoms with Crippen LogP contribution >= 0.6 is 0 Å². The highest BCUT2D eigenvalue weighted by atomic mass is 15.1. The normalized spacial score (nSPS) is 10.6. The van der Waals surface area contributed by atoms with Crippen LogP contribution in [0.25, 0.3) is 0 Å². The van der Waals surface area contributed by atoms with Crippen LogP contribution in [0.1, 0.15) is 25.2 Å². The van der Waals surface area contributed by atoms with Gasteiger partial charge < -0.3 is 4.90 Å². The van der Waals surface area contributed by atoms with Crippen molar-refractivity contribution in [3.8, 4) is 0 Å². The van der Waals surface area contributed by atoms with Crippen molar-refractivity contribution in [1.82, 2.24) is 4.98 Å². The Morgan fingerprint density at radius 2 is 1.62 bits per heavy atom. The topological polar surface area (TPSA) is 16.1 Å². The summed E-state index contributed by atoms with van der Waals surface area (Å²) in [5.74, 6) is 0. The largest absolute Gasteiger partial charge is 0.372 e. The zero-order valence-electron chi connectivity index (χ0n) is 9.13. The lowest BCUT2D eigenvalue weighted by Crippen LogP contribution is -2.25. The number of aromatic nitrogens is 1. The van der Waals surface area contributed by atoms with E-state index in [4.69, 9.17) is 0 Å². The average molecular weight is 178 g/mol. The van der Waals surface area contributed by atoms with Crippen LogP contribution in [-0.2, 0) is 0 Å². The smallest absolute Gasteiger partial charge is 0.0402 e. The number of nitrogens with zero attached hydrogens (tertiary/aromatic N) is 2. The Bertz CT molecular complexity index is 272. The van der Waals surface area contributed by atoms with Gasteiger partial charge >= 0.3 is 0 Å². The summed E-state index contributed by atoms with van der Waals surface area (Å²) in [4.78, 5) is 6.60. The van der Waals surface area contributed by atoms with Gasteiger partial charge in [-0.1, -0.05) is 0 Å². The van der Waals surface area contributed by atoms with Crippen LogP contribution in [0.3, 0.4) is 0 Å². The molecule has 1 rings (SSSR count). The molecular formula is C11H18N2. The van der Waals surface area contributed by atoms with Crippen LogP contribution in [0, 0.1) is 13.8 Å². The summed E-state index contributed by atoms with van der Waals surface area (Å²) in [5, 5.41) is 0. The number of pyridine rings is 1. The monoisotopic (exact) mass is 178 g/mol. The van der Waals surface area contributed by atoms with Gasteiger partial charge in [-0.15, -0.1) is 0 Å². The van der Waals surface area contributed by atoms with Crippen LogP contribution in [0.5, 0.6) is 0 Å². The van der Waals surface area contributed by atoms with Crippen molar-refractivity contribution in [3.05, 3.63) is 23.5 Å². The zero-order valence-corrected chi connectivity index (χ0v) is 9.13. The minimum absolute atomic E-state index is 0.529. The van der Waals surface area contributed by atoms with Crippen molar-refractivity contribution >= 4 is 5.69 Å². The second-order valence-corrected chi connectivity index (χ2v) is 3.81. The molecule has 0 radical (unpaired) electrons. The molecule has 0 saturated carbocycles. The van der Waals surface area contributed by atoms with E-state index in [1.807, 2.05) is 13.8 Å². The molecule has 0 aromatic carbocycles. The maximum absolute atomic E-state index is 4.35. The molecule has 0 aliphatic heterocycles. The number of anilines is 1. The number of hydrogen-bond acceptors (Lipinski definition) is 2. The summed E-state index contributed by atoms with van der Waals surface area (Å²) in [6.07, 6.45) is 0. The molecule has 0 bridgehead atoms. The molecule has 0 atom stereocenters. The van der Waals surface area contributed by atoms with E-state index < -0.39 is 0 Å². The first-order valence-corrected chi connectivity index (χ1v) is 4.69.